The summed E-state index contributed by atoms with van der Waals surface area (Å²) < 4.78 is 5.15. The molecule has 0 spiro atoms. The van der Waals surface area contributed by atoms with Gasteiger partial charge in [0, 0.05) is 5.39 Å². The summed E-state index contributed by atoms with van der Waals surface area (Å²) in [5.74, 6) is -0.431. The molecule has 0 radical (unpaired) electrons. The van der Waals surface area contributed by atoms with Crippen molar-refractivity contribution in [2.24, 2.45) is 0 Å². The molecule has 0 aliphatic heterocycles. The summed E-state index contributed by atoms with van der Waals surface area (Å²) >= 11 is 0. The Morgan fingerprint density at radius 2 is 2.19 bits per heavy atom. The summed E-state index contributed by atoms with van der Waals surface area (Å²) in [7, 11) is 1.53. The third-order valence-electron chi connectivity index (χ3n) is 2.28. The lowest BCUT2D eigenvalue weighted by atomic mass is 10.1. The lowest BCUT2D eigenvalue weighted by Crippen LogP contribution is -2.03. The SMILES string of the molecule is COc1nc(CC(=O)O)cc2ccccc12. The van der Waals surface area contributed by atoms with E-state index in [1.165, 1.54) is 7.11 Å². The second kappa shape index (κ2) is 4.18. The van der Waals surface area contributed by atoms with E-state index in [-0.39, 0.29) is 6.42 Å². The van der Waals surface area contributed by atoms with E-state index in [0.717, 1.165) is 10.8 Å². The normalized spacial score (nSPS) is 10.3. The number of carboxylic acids is 1. The summed E-state index contributed by atoms with van der Waals surface area (Å²) in [6, 6.07) is 9.36. The molecule has 1 aromatic heterocycles. The maximum Gasteiger partial charge on any atom is 0.309 e. The van der Waals surface area contributed by atoms with Crippen LogP contribution in [0.3, 0.4) is 0 Å². The van der Waals surface area contributed by atoms with Gasteiger partial charge in [-0.2, -0.15) is 0 Å². The zero-order valence-electron chi connectivity index (χ0n) is 8.80. The van der Waals surface area contributed by atoms with Crippen LogP contribution >= 0.6 is 0 Å². The van der Waals surface area contributed by atoms with Crippen molar-refractivity contribution in [2.75, 3.05) is 7.11 Å². The maximum atomic E-state index is 10.6. The van der Waals surface area contributed by atoms with Crippen LogP contribution in [0.1, 0.15) is 5.69 Å². The van der Waals surface area contributed by atoms with Crippen molar-refractivity contribution in [1.82, 2.24) is 4.98 Å². The highest BCUT2D eigenvalue weighted by molar-refractivity contribution is 5.87. The van der Waals surface area contributed by atoms with Crippen molar-refractivity contribution in [3.63, 3.8) is 0 Å². The number of methoxy groups -OCH3 is 1. The molecule has 0 unspecified atom stereocenters. The van der Waals surface area contributed by atoms with Gasteiger partial charge < -0.3 is 9.84 Å². The molecule has 1 aromatic carbocycles. The Labute approximate surface area is 92.5 Å². The standard InChI is InChI=1S/C12H11NO3/c1-16-12-10-5-3-2-4-8(10)6-9(13-12)7-11(14)15/h2-6H,7H2,1H3,(H,14,15). The molecule has 2 rings (SSSR count). The number of rotatable bonds is 3. The molecule has 0 atom stereocenters. The lowest BCUT2D eigenvalue weighted by molar-refractivity contribution is -0.136. The van der Waals surface area contributed by atoms with E-state index in [1.807, 2.05) is 24.3 Å². The van der Waals surface area contributed by atoms with Gasteiger partial charge in [0.05, 0.1) is 19.2 Å². The number of carbonyl (C=O) groups is 1. The van der Waals surface area contributed by atoms with Gasteiger partial charge in [-0.25, -0.2) is 4.98 Å². The summed E-state index contributed by atoms with van der Waals surface area (Å²) in [6.07, 6.45) is -0.0960. The Morgan fingerprint density at radius 1 is 1.44 bits per heavy atom. The first kappa shape index (κ1) is 10.4. The molecule has 2 aromatic rings. The third kappa shape index (κ3) is 1.95. The highest BCUT2D eigenvalue weighted by atomic mass is 16.5. The van der Waals surface area contributed by atoms with Gasteiger partial charge in [-0.15, -0.1) is 0 Å². The molecule has 0 fully saturated rings. The van der Waals surface area contributed by atoms with Crippen LogP contribution in [-0.4, -0.2) is 23.2 Å². The Morgan fingerprint density at radius 3 is 2.88 bits per heavy atom. The highest BCUT2D eigenvalue weighted by Gasteiger charge is 2.08. The van der Waals surface area contributed by atoms with Gasteiger partial charge in [0.25, 0.3) is 0 Å². The summed E-state index contributed by atoms with van der Waals surface area (Å²) in [5, 5.41) is 10.5. The fraction of sp³-hybridized carbons (Fsp3) is 0.167. The number of aromatic nitrogens is 1. The molecule has 0 saturated carbocycles. The molecule has 0 aliphatic carbocycles. The van der Waals surface area contributed by atoms with Crippen molar-refractivity contribution < 1.29 is 14.6 Å². The largest absolute Gasteiger partial charge is 0.481 e. The highest BCUT2D eigenvalue weighted by Crippen LogP contribution is 2.24. The molecular formula is C12H11NO3. The summed E-state index contributed by atoms with van der Waals surface area (Å²) in [4.78, 5) is 14.8. The van der Waals surface area contributed by atoms with Crippen LogP contribution in [0.5, 0.6) is 5.88 Å². The summed E-state index contributed by atoms with van der Waals surface area (Å²) in [5.41, 5.74) is 0.503. The summed E-state index contributed by atoms with van der Waals surface area (Å²) in [6.45, 7) is 0. The predicted octanol–water partition coefficient (Wildman–Crippen LogP) is 1.87. The van der Waals surface area contributed by atoms with E-state index in [9.17, 15) is 4.79 Å². The minimum atomic E-state index is -0.898. The Balaban J connectivity index is 2.58. The molecule has 82 valence electrons. The smallest absolute Gasteiger partial charge is 0.309 e. The van der Waals surface area contributed by atoms with Crippen molar-refractivity contribution in [3.05, 3.63) is 36.0 Å². The topological polar surface area (TPSA) is 59.4 Å². The van der Waals surface area contributed by atoms with Gasteiger partial charge in [-0.3, -0.25) is 4.79 Å². The van der Waals surface area contributed by atoms with E-state index in [4.69, 9.17) is 9.84 Å². The van der Waals surface area contributed by atoms with Crippen LogP contribution in [0.4, 0.5) is 0 Å². The van der Waals surface area contributed by atoms with E-state index >= 15 is 0 Å². The number of ether oxygens (including phenoxy) is 1. The molecule has 0 bridgehead atoms. The van der Waals surface area contributed by atoms with Crippen LogP contribution < -0.4 is 4.74 Å². The monoisotopic (exact) mass is 217 g/mol. The number of nitrogens with zero attached hydrogens (tertiary/aromatic N) is 1. The number of benzene rings is 1. The Bertz CT molecular complexity index is 537. The van der Waals surface area contributed by atoms with Crippen molar-refractivity contribution in [3.8, 4) is 5.88 Å². The van der Waals surface area contributed by atoms with Crippen LogP contribution in [0.25, 0.3) is 10.8 Å². The molecule has 0 amide bonds. The number of hydrogen-bond donors (Lipinski definition) is 1. The molecule has 1 heterocycles. The van der Waals surface area contributed by atoms with E-state index in [0.29, 0.717) is 11.6 Å². The number of fused-ring (bicyclic) bond motifs is 1. The van der Waals surface area contributed by atoms with E-state index in [2.05, 4.69) is 4.98 Å². The zero-order valence-corrected chi connectivity index (χ0v) is 8.80. The zero-order chi connectivity index (χ0) is 11.5. The second-order valence-corrected chi connectivity index (χ2v) is 3.41. The maximum absolute atomic E-state index is 10.6. The number of hydrogen-bond acceptors (Lipinski definition) is 3. The fourth-order valence-corrected chi connectivity index (χ4v) is 1.62. The Hall–Kier alpha value is -2.10. The minimum absolute atomic E-state index is 0.0960. The van der Waals surface area contributed by atoms with Gasteiger partial charge in [0.15, 0.2) is 0 Å². The van der Waals surface area contributed by atoms with Crippen LogP contribution in [-0.2, 0) is 11.2 Å². The van der Waals surface area contributed by atoms with Gasteiger partial charge in [-0.05, 0) is 17.5 Å². The minimum Gasteiger partial charge on any atom is -0.481 e. The van der Waals surface area contributed by atoms with Crippen molar-refractivity contribution in [1.29, 1.82) is 0 Å². The quantitative estimate of drug-likeness (QED) is 0.852. The average molecular weight is 217 g/mol. The van der Waals surface area contributed by atoms with Crippen LogP contribution in [0.2, 0.25) is 0 Å². The molecule has 4 heteroatoms. The van der Waals surface area contributed by atoms with Crippen LogP contribution in [0.15, 0.2) is 30.3 Å². The van der Waals surface area contributed by atoms with Gasteiger partial charge >= 0.3 is 5.97 Å². The average Bonchev–Trinajstić information content (AvgIpc) is 2.27. The van der Waals surface area contributed by atoms with Crippen LogP contribution in [0, 0.1) is 0 Å². The fourth-order valence-electron chi connectivity index (χ4n) is 1.62. The van der Waals surface area contributed by atoms with Gasteiger partial charge in [-0.1, -0.05) is 18.2 Å². The number of pyridine rings is 1. The molecule has 4 nitrogen and oxygen atoms in total. The van der Waals surface area contributed by atoms with E-state index < -0.39 is 5.97 Å². The molecule has 0 aliphatic rings. The lowest BCUT2D eigenvalue weighted by Gasteiger charge is -2.06. The first-order valence-electron chi connectivity index (χ1n) is 4.85. The molecular weight excluding hydrogens is 206 g/mol. The van der Waals surface area contributed by atoms with Gasteiger partial charge in [0.2, 0.25) is 5.88 Å². The molecule has 16 heavy (non-hydrogen) atoms. The third-order valence-corrected chi connectivity index (χ3v) is 2.28. The number of carboxylic acid groups (broad SMARTS) is 1. The molecule has 0 saturated heterocycles. The van der Waals surface area contributed by atoms with E-state index in [1.54, 1.807) is 6.07 Å². The first-order chi connectivity index (χ1) is 7.70. The predicted molar refractivity (Wildman–Crippen MR) is 59.6 cm³/mol. The second-order valence-electron chi connectivity index (χ2n) is 3.41. The first-order valence-corrected chi connectivity index (χ1v) is 4.85. The van der Waals surface area contributed by atoms with Gasteiger partial charge in [0.1, 0.15) is 0 Å². The number of aliphatic carboxylic acids is 1. The Kier molecular flexibility index (Phi) is 2.72. The van der Waals surface area contributed by atoms with Crippen molar-refractivity contribution >= 4 is 16.7 Å². The molecule has 1 N–H and O–H groups in total. The van der Waals surface area contributed by atoms with Crippen molar-refractivity contribution in [2.45, 2.75) is 6.42 Å².